The van der Waals surface area contributed by atoms with Gasteiger partial charge in [-0.15, -0.1) is 0 Å². The Balaban J connectivity index is 1.58. The van der Waals surface area contributed by atoms with Crippen LogP contribution in [0.5, 0.6) is 0 Å². The summed E-state index contributed by atoms with van der Waals surface area (Å²) < 4.78 is 14.7. The van der Waals surface area contributed by atoms with Crippen LogP contribution in [-0.2, 0) is 0 Å². The number of carbonyl (C=O) groups excluding carboxylic acids is 1. The monoisotopic (exact) mass is 382 g/mol. The van der Waals surface area contributed by atoms with Crippen molar-refractivity contribution in [3.63, 3.8) is 0 Å². The molecule has 7 heteroatoms. The number of anilines is 1. The lowest BCUT2D eigenvalue weighted by atomic mass is 9.89. The van der Waals surface area contributed by atoms with E-state index in [4.69, 9.17) is 5.73 Å². The summed E-state index contributed by atoms with van der Waals surface area (Å²) in [6, 6.07) is 12.0. The van der Waals surface area contributed by atoms with Crippen LogP contribution in [0.25, 0.3) is 10.2 Å². The van der Waals surface area contributed by atoms with E-state index < -0.39 is 0 Å². The number of fused-ring (bicyclic) bond motifs is 2. The quantitative estimate of drug-likeness (QED) is 0.715. The highest BCUT2D eigenvalue weighted by Gasteiger charge is 2.47. The van der Waals surface area contributed by atoms with Gasteiger partial charge in [0.05, 0.1) is 21.8 Å². The van der Waals surface area contributed by atoms with Crippen molar-refractivity contribution < 1.29 is 9.18 Å². The number of hydrogen-bond donors (Lipinski definition) is 2. The number of rotatable bonds is 2. The maximum Gasteiger partial charge on any atom is 0.255 e. The Kier molecular flexibility index (Phi) is 3.87. The Morgan fingerprint density at radius 3 is 2.96 bits per heavy atom. The fraction of sp³-hybridized carbons (Fsp3) is 0.300. The summed E-state index contributed by atoms with van der Waals surface area (Å²) in [5.74, 6) is 0.369. The van der Waals surface area contributed by atoms with E-state index in [0.29, 0.717) is 29.1 Å². The van der Waals surface area contributed by atoms with Crippen molar-refractivity contribution >= 4 is 32.6 Å². The Labute approximate surface area is 160 Å². The van der Waals surface area contributed by atoms with E-state index >= 15 is 0 Å². The molecule has 3 N–H and O–H groups in total. The molecule has 5 rings (SSSR count). The normalized spacial score (nSPS) is 24.5. The van der Waals surface area contributed by atoms with Crippen molar-refractivity contribution in [2.24, 2.45) is 11.8 Å². The standard InChI is InChI=1S/C20H19FN4OS/c21-13-4-1-3-11(7-13)17-15-9-23-8-12(15)10-25(17)19(26)14-5-2-6-16-18(14)27-20(22)24-16/h1-7,12,15,17,23H,8-10H2,(H2,22,24)/t12-,15-,17-/m0/s1. The molecule has 2 saturated heterocycles. The highest BCUT2D eigenvalue weighted by atomic mass is 32.1. The minimum absolute atomic E-state index is 0.0343. The first kappa shape index (κ1) is 16.6. The second kappa shape index (κ2) is 6.28. The Bertz CT molecular complexity index is 1040. The van der Waals surface area contributed by atoms with Crippen molar-refractivity contribution in [2.75, 3.05) is 25.4 Å². The molecule has 2 fully saturated rings. The number of nitrogens with one attached hydrogen (secondary N) is 1. The third-order valence-corrected chi connectivity index (χ3v) is 6.61. The number of hydrogen-bond acceptors (Lipinski definition) is 5. The number of halogens is 1. The lowest BCUT2D eigenvalue weighted by molar-refractivity contribution is 0.0716. The molecule has 138 valence electrons. The molecule has 3 aromatic rings. The van der Waals surface area contributed by atoms with Crippen LogP contribution in [0.3, 0.4) is 0 Å². The first-order valence-corrected chi connectivity index (χ1v) is 9.85. The van der Waals surface area contributed by atoms with Crippen LogP contribution >= 0.6 is 11.3 Å². The number of nitrogens with two attached hydrogens (primary N) is 1. The average Bonchev–Trinajstić information content (AvgIpc) is 3.33. The second-order valence-electron chi connectivity index (χ2n) is 7.25. The molecule has 1 aromatic heterocycles. The predicted octanol–water partition coefficient (Wildman–Crippen LogP) is 3.05. The topological polar surface area (TPSA) is 71.2 Å². The maximum absolute atomic E-state index is 13.9. The van der Waals surface area contributed by atoms with E-state index in [-0.39, 0.29) is 17.8 Å². The summed E-state index contributed by atoms with van der Waals surface area (Å²) in [4.78, 5) is 19.7. The highest BCUT2D eigenvalue weighted by Crippen LogP contribution is 2.44. The molecule has 0 spiro atoms. The van der Waals surface area contributed by atoms with E-state index in [2.05, 4.69) is 10.3 Å². The molecular weight excluding hydrogens is 363 g/mol. The van der Waals surface area contributed by atoms with Gasteiger partial charge in [0.25, 0.3) is 5.91 Å². The van der Waals surface area contributed by atoms with E-state index in [9.17, 15) is 9.18 Å². The molecule has 2 aliphatic heterocycles. The van der Waals surface area contributed by atoms with E-state index in [1.54, 1.807) is 12.1 Å². The highest BCUT2D eigenvalue weighted by molar-refractivity contribution is 7.22. The van der Waals surface area contributed by atoms with Gasteiger partial charge in [-0.3, -0.25) is 4.79 Å². The van der Waals surface area contributed by atoms with E-state index in [1.807, 2.05) is 29.2 Å². The van der Waals surface area contributed by atoms with Crippen molar-refractivity contribution in [3.8, 4) is 0 Å². The zero-order valence-electron chi connectivity index (χ0n) is 14.6. The first-order chi connectivity index (χ1) is 13.1. The van der Waals surface area contributed by atoms with E-state index in [0.717, 1.165) is 28.9 Å². The number of nitrogen functional groups attached to an aromatic ring is 1. The Morgan fingerprint density at radius 1 is 1.26 bits per heavy atom. The number of thiazole rings is 1. The maximum atomic E-state index is 13.9. The third kappa shape index (κ3) is 2.69. The van der Waals surface area contributed by atoms with Gasteiger partial charge >= 0.3 is 0 Å². The van der Waals surface area contributed by atoms with Crippen LogP contribution in [0.15, 0.2) is 42.5 Å². The zero-order chi connectivity index (χ0) is 18.5. The molecule has 27 heavy (non-hydrogen) atoms. The van der Waals surface area contributed by atoms with Gasteiger partial charge in [-0.2, -0.15) is 0 Å². The molecule has 0 aliphatic carbocycles. The van der Waals surface area contributed by atoms with Gasteiger partial charge in [-0.25, -0.2) is 9.37 Å². The molecular formula is C20H19FN4OS. The number of carbonyl (C=O) groups is 1. The summed E-state index contributed by atoms with van der Waals surface area (Å²) in [7, 11) is 0. The Hall–Kier alpha value is -2.51. The van der Waals surface area contributed by atoms with Crippen LogP contribution in [0.4, 0.5) is 9.52 Å². The number of amides is 1. The molecule has 1 amide bonds. The van der Waals surface area contributed by atoms with Crippen LogP contribution < -0.4 is 11.1 Å². The van der Waals surface area contributed by atoms with Crippen molar-refractivity contribution in [2.45, 2.75) is 6.04 Å². The summed E-state index contributed by atoms with van der Waals surface area (Å²) in [6.45, 7) is 2.40. The lowest BCUT2D eigenvalue weighted by Gasteiger charge is -2.28. The summed E-state index contributed by atoms with van der Waals surface area (Å²) in [6.07, 6.45) is 0. The van der Waals surface area contributed by atoms with E-state index in [1.165, 1.54) is 17.4 Å². The predicted molar refractivity (Wildman–Crippen MR) is 104 cm³/mol. The fourth-order valence-corrected chi connectivity index (χ4v) is 5.37. The number of nitrogens with zero attached hydrogens (tertiary/aromatic N) is 2. The van der Waals surface area contributed by atoms with Crippen molar-refractivity contribution in [1.29, 1.82) is 0 Å². The Morgan fingerprint density at radius 2 is 2.11 bits per heavy atom. The van der Waals surface area contributed by atoms with Gasteiger partial charge in [-0.05, 0) is 35.7 Å². The molecule has 0 radical (unpaired) electrons. The van der Waals surface area contributed by atoms with Crippen molar-refractivity contribution in [1.82, 2.24) is 15.2 Å². The molecule has 3 heterocycles. The van der Waals surface area contributed by atoms with Gasteiger partial charge < -0.3 is 16.0 Å². The lowest BCUT2D eigenvalue weighted by Crippen LogP contribution is -2.34. The summed E-state index contributed by atoms with van der Waals surface area (Å²) in [5.41, 5.74) is 8.08. The summed E-state index contributed by atoms with van der Waals surface area (Å²) >= 11 is 1.33. The first-order valence-electron chi connectivity index (χ1n) is 9.04. The van der Waals surface area contributed by atoms with Crippen LogP contribution in [0, 0.1) is 17.7 Å². The minimum Gasteiger partial charge on any atom is -0.375 e. The van der Waals surface area contributed by atoms with Gasteiger partial charge in [0, 0.05) is 25.6 Å². The molecule has 3 atom stereocenters. The molecule has 5 nitrogen and oxygen atoms in total. The van der Waals surface area contributed by atoms with Crippen LogP contribution in [-0.4, -0.2) is 35.4 Å². The second-order valence-corrected chi connectivity index (χ2v) is 8.28. The number of aromatic nitrogens is 1. The minimum atomic E-state index is -0.272. The average molecular weight is 382 g/mol. The summed E-state index contributed by atoms with van der Waals surface area (Å²) in [5, 5.41) is 3.87. The number of likely N-dealkylation sites (tertiary alicyclic amines) is 1. The largest absolute Gasteiger partial charge is 0.375 e. The van der Waals surface area contributed by atoms with Gasteiger partial charge in [0.2, 0.25) is 0 Å². The van der Waals surface area contributed by atoms with Crippen LogP contribution in [0.1, 0.15) is 22.0 Å². The van der Waals surface area contributed by atoms with Gasteiger partial charge in [0.1, 0.15) is 5.82 Å². The third-order valence-electron chi connectivity index (χ3n) is 5.68. The number of benzene rings is 2. The molecule has 2 aromatic carbocycles. The van der Waals surface area contributed by atoms with Gasteiger partial charge in [-0.1, -0.05) is 29.5 Å². The molecule has 0 saturated carbocycles. The van der Waals surface area contributed by atoms with Crippen LogP contribution in [0.2, 0.25) is 0 Å². The smallest absolute Gasteiger partial charge is 0.255 e. The molecule has 2 aliphatic rings. The SMILES string of the molecule is Nc1nc2cccc(C(=O)N3C[C@@H]4CNC[C@@H]4[C@@H]3c3cccc(F)c3)c2s1. The van der Waals surface area contributed by atoms with Gasteiger partial charge in [0.15, 0.2) is 5.13 Å². The van der Waals surface area contributed by atoms with Crippen molar-refractivity contribution in [3.05, 3.63) is 59.4 Å². The molecule has 0 bridgehead atoms. The zero-order valence-corrected chi connectivity index (χ0v) is 15.4. The fourth-order valence-electron chi connectivity index (χ4n) is 4.54. The molecule has 0 unspecified atom stereocenters.